The van der Waals surface area contributed by atoms with Gasteiger partial charge in [-0.05, 0) is 24.5 Å². The SMILES string of the molecule is CSc1nc2ccc(C=O)cc2o1. The molecule has 0 bridgehead atoms. The monoisotopic (exact) mass is 193 g/mol. The summed E-state index contributed by atoms with van der Waals surface area (Å²) in [4.78, 5) is 14.6. The van der Waals surface area contributed by atoms with Gasteiger partial charge in [0.2, 0.25) is 0 Å². The van der Waals surface area contributed by atoms with Crippen LogP contribution < -0.4 is 0 Å². The van der Waals surface area contributed by atoms with E-state index in [-0.39, 0.29) is 0 Å². The number of nitrogens with zero attached hydrogens (tertiary/aromatic N) is 1. The van der Waals surface area contributed by atoms with Crippen LogP contribution in [0.25, 0.3) is 11.1 Å². The highest BCUT2D eigenvalue weighted by molar-refractivity contribution is 7.98. The first-order chi connectivity index (χ1) is 6.33. The van der Waals surface area contributed by atoms with Crippen LogP contribution in [0.3, 0.4) is 0 Å². The molecule has 0 spiro atoms. The van der Waals surface area contributed by atoms with Crippen molar-refractivity contribution in [2.24, 2.45) is 0 Å². The van der Waals surface area contributed by atoms with Gasteiger partial charge in [0.15, 0.2) is 5.58 Å². The highest BCUT2D eigenvalue weighted by atomic mass is 32.2. The van der Waals surface area contributed by atoms with Gasteiger partial charge in [0.25, 0.3) is 5.22 Å². The standard InChI is InChI=1S/C9H7NO2S/c1-13-9-10-7-3-2-6(5-11)4-8(7)12-9/h2-5H,1H3. The van der Waals surface area contributed by atoms with E-state index in [1.54, 1.807) is 18.2 Å². The van der Waals surface area contributed by atoms with Crippen molar-refractivity contribution < 1.29 is 9.21 Å². The van der Waals surface area contributed by atoms with E-state index in [4.69, 9.17) is 4.42 Å². The first-order valence-corrected chi connectivity index (χ1v) is 4.95. The van der Waals surface area contributed by atoms with E-state index in [9.17, 15) is 4.79 Å². The minimum atomic E-state index is 0.608. The van der Waals surface area contributed by atoms with Crippen molar-refractivity contribution in [3.8, 4) is 0 Å². The largest absolute Gasteiger partial charge is 0.431 e. The average Bonchev–Trinajstić information content (AvgIpc) is 2.58. The van der Waals surface area contributed by atoms with Crippen molar-refractivity contribution in [1.82, 2.24) is 4.98 Å². The predicted octanol–water partition coefficient (Wildman–Crippen LogP) is 2.36. The Bertz CT molecular complexity index is 450. The smallest absolute Gasteiger partial charge is 0.256 e. The molecule has 0 saturated heterocycles. The highest BCUT2D eigenvalue weighted by Crippen LogP contribution is 2.21. The molecule has 4 heteroatoms. The molecule has 0 saturated carbocycles. The number of benzene rings is 1. The fourth-order valence-corrected chi connectivity index (χ4v) is 1.44. The third-order valence-electron chi connectivity index (χ3n) is 1.70. The maximum absolute atomic E-state index is 10.5. The van der Waals surface area contributed by atoms with Crippen LogP contribution in [0, 0.1) is 0 Å². The number of carbonyl (C=O) groups excluding carboxylic acids is 1. The summed E-state index contributed by atoms with van der Waals surface area (Å²) in [7, 11) is 0. The van der Waals surface area contributed by atoms with Crippen molar-refractivity contribution in [1.29, 1.82) is 0 Å². The van der Waals surface area contributed by atoms with Gasteiger partial charge in [0.05, 0.1) is 0 Å². The fourth-order valence-electron chi connectivity index (χ4n) is 1.08. The molecule has 0 N–H and O–H groups in total. The molecule has 0 aliphatic heterocycles. The molecular formula is C9H7NO2S. The van der Waals surface area contributed by atoms with Gasteiger partial charge in [0.1, 0.15) is 11.8 Å². The van der Waals surface area contributed by atoms with Gasteiger partial charge in [-0.2, -0.15) is 0 Å². The molecule has 0 atom stereocenters. The van der Waals surface area contributed by atoms with Gasteiger partial charge in [-0.25, -0.2) is 4.98 Å². The number of aldehydes is 1. The summed E-state index contributed by atoms with van der Waals surface area (Å²) >= 11 is 1.44. The summed E-state index contributed by atoms with van der Waals surface area (Å²) < 4.78 is 5.35. The zero-order chi connectivity index (χ0) is 9.26. The molecule has 0 aliphatic carbocycles. The van der Waals surface area contributed by atoms with E-state index in [1.165, 1.54) is 11.8 Å². The van der Waals surface area contributed by atoms with E-state index >= 15 is 0 Å². The van der Waals surface area contributed by atoms with E-state index in [1.807, 2.05) is 6.26 Å². The predicted molar refractivity (Wildman–Crippen MR) is 51.2 cm³/mol. The van der Waals surface area contributed by atoms with Crippen LogP contribution in [0.15, 0.2) is 27.8 Å². The first-order valence-electron chi connectivity index (χ1n) is 3.73. The Morgan fingerprint density at radius 2 is 2.38 bits per heavy atom. The van der Waals surface area contributed by atoms with E-state index in [0.29, 0.717) is 16.4 Å². The Labute approximate surface area is 79.1 Å². The molecule has 13 heavy (non-hydrogen) atoms. The minimum Gasteiger partial charge on any atom is -0.431 e. The maximum Gasteiger partial charge on any atom is 0.256 e. The van der Waals surface area contributed by atoms with Crippen LogP contribution in [0.4, 0.5) is 0 Å². The molecule has 1 aromatic carbocycles. The summed E-state index contributed by atoms with van der Waals surface area (Å²) in [5.74, 6) is 0. The number of aromatic nitrogens is 1. The van der Waals surface area contributed by atoms with E-state index in [2.05, 4.69) is 4.98 Å². The molecule has 0 fully saturated rings. The number of thioether (sulfide) groups is 1. The van der Waals surface area contributed by atoms with Crippen LogP contribution in [-0.4, -0.2) is 17.5 Å². The summed E-state index contributed by atoms with van der Waals surface area (Å²) in [6, 6.07) is 5.19. The quantitative estimate of drug-likeness (QED) is 0.542. The topological polar surface area (TPSA) is 43.1 Å². The maximum atomic E-state index is 10.5. The van der Waals surface area contributed by atoms with Crippen LogP contribution in [-0.2, 0) is 0 Å². The lowest BCUT2D eigenvalue weighted by molar-refractivity contribution is 0.112. The Kier molecular flexibility index (Phi) is 2.06. The lowest BCUT2D eigenvalue weighted by Gasteiger charge is -1.87. The lowest BCUT2D eigenvalue weighted by atomic mass is 10.2. The van der Waals surface area contributed by atoms with Gasteiger partial charge < -0.3 is 4.42 Å². The molecule has 3 nitrogen and oxygen atoms in total. The van der Waals surface area contributed by atoms with Gasteiger partial charge in [-0.15, -0.1) is 0 Å². The second-order valence-electron chi connectivity index (χ2n) is 2.53. The summed E-state index contributed by atoms with van der Waals surface area (Å²) in [6.45, 7) is 0. The molecule has 0 unspecified atom stereocenters. The van der Waals surface area contributed by atoms with Crippen LogP contribution in [0.1, 0.15) is 10.4 Å². The van der Waals surface area contributed by atoms with Gasteiger partial charge in [-0.3, -0.25) is 4.79 Å². The Balaban J connectivity index is 2.63. The molecule has 0 aliphatic rings. The van der Waals surface area contributed by atoms with Crippen molar-refractivity contribution >= 4 is 29.1 Å². The normalized spacial score (nSPS) is 10.5. The second-order valence-corrected chi connectivity index (χ2v) is 3.29. The highest BCUT2D eigenvalue weighted by Gasteiger charge is 2.04. The number of fused-ring (bicyclic) bond motifs is 1. The molecular weight excluding hydrogens is 186 g/mol. The zero-order valence-corrected chi connectivity index (χ0v) is 7.80. The summed E-state index contributed by atoms with van der Waals surface area (Å²) in [6.07, 6.45) is 2.69. The summed E-state index contributed by atoms with van der Waals surface area (Å²) in [5.41, 5.74) is 2.06. The number of oxazole rings is 1. The third-order valence-corrected chi connectivity index (χ3v) is 2.23. The molecule has 0 amide bonds. The third kappa shape index (κ3) is 1.45. The number of rotatable bonds is 2. The number of carbonyl (C=O) groups is 1. The van der Waals surface area contributed by atoms with Crippen molar-refractivity contribution in [3.63, 3.8) is 0 Å². The van der Waals surface area contributed by atoms with Gasteiger partial charge in [-0.1, -0.05) is 11.8 Å². The zero-order valence-electron chi connectivity index (χ0n) is 6.98. The van der Waals surface area contributed by atoms with Crippen LogP contribution in [0.2, 0.25) is 0 Å². The first kappa shape index (κ1) is 8.31. The van der Waals surface area contributed by atoms with Crippen LogP contribution >= 0.6 is 11.8 Å². The Morgan fingerprint density at radius 1 is 1.54 bits per heavy atom. The molecule has 0 radical (unpaired) electrons. The summed E-state index contributed by atoms with van der Waals surface area (Å²) in [5, 5.41) is 0.623. The Morgan fingerprint density at radius 3 is 3.08 bits per heavy atom. The second kappa shape index (κ2) is 3.22. The average molecular weight is 193 g/mol. The van der Waals surface area contributed by atoms with E-state index < -0.39 is 0 Å². The van der Waals surface area contributed by atoms with Crippen LogP contribution in [0.5, 0.6) is 0 Å². The number of hydrogen-bond acceptors (Lipinski definition) is 4. The minimum absolute atomic E-state index is 0.608. The molecule has 2 rings (SSSR count). The van der Waals surface area contributed by atoms with Crippen molar-refractivity contribution in [3.05, 3.63) is 23.8 Å². The van der Waals surface area contributed by atoms with Crippen molar-refractivity contribution in [2.45, 2.75) is 5.22 Å². The van der Waals surface area contributed by atoms with E-state index in [0.717, 1.165) is 11.8 Å². The molecule has 2 aromatic rings. The van der Waals surface area contributed by atoms with Gasteiger partial charge >= 0.3 is 0 Å². The molecule has 66 valence electrons. The lowest BCUT2D eigenvalue weighted by Crippen LogP contribution is -1.76. The van der Waals surface area contributed by atoms with Gasteiger partial charge in [0, 0.05) is 5.56 Å². The van der Waals surface area contributed by atoms with Crippen molar-refractivity contribution in [2.75, 3.05) is 6.26 Å². The molecule has 1 heterocycles. The fraction of sp³-hybridized carbons (Fsp3) is 0.111. The molecule has 1 aromatic heterocycles. The Hall–Kier alpha value is -1.29. The number of hydrogen-bond donors (Lipinski definition) is 0.